The highest BCUT2D eigenvalue weighted by atomic mass is 35.5. The topological polar surface area (TPSA) is 172 Å². The van der Waals surface area contributed by atoms with E-state index < -0.39 is 17.8 Å². The number of halogens is 5. The highest BCUT2D eigenvalue weighted by Gasteiger charge is 2.30. The van der Waals surface area contributed by atoms with E-state index in [9.17, 15) is 27.6 Å². The zero-order valence-corrected chi connectivity index (χ0v) is 38.9. The van der Waals surface area contributed by atoms with Crippen LogP contribution >= 0.6 is 23.2 Å². The summed E-state index contributed by atoms with van der Waals surface area (Å²) in [6.07, 6.45) is 0.525. The lowest BCUT2D eigenvalue weighted by Gasteiger charge is -2.12. The van der Waals surface area contributed by atoms with Crippen LogP contribution in [0.1, 0.15) is 59.3 Å². The molecule has 5 aromatic carbocycles. The number of nitrogens with one attached hydrogen (secondary N) is 9. The molecule has 9 rings (SSSR count). The molecule has 3 atom stereocenters. The van der Waals surface area contributed by atoms with Gasteiger partial charge in [0.2, 0.25) is 0 Å². The molecule has 3 unspecified atom stereocenters. The second kappa shape index (κ2) is 24.5. The molecule has 13 nitrogen and oxygen atoms in total. The molecule has 18 heteroatoms. The molecule has 360 valence electrons. The van der Waals surface area contributed by atoms with E-state index in [1.54, 1.807) is 36.4 Å². The lowest BCUT2D eigenvalue weighted by molar-refractivity contribution is -0.137. The van der Waals surface area contributed by atoms with Gasteiger partial charge in [0.25, 0.3) is 0 Å². The third-order valence-corrected chi connectivity index (χ3v) is 12.1. The van der Waals surface area contributed by atoms with E-state index >= 15 is 0 Å². The standard InChI is InChI=1S/C18H18F3N3O.C17H18ClN3O.C16H17ClN4O/c19-18(20,21)14-3-7-16(8-4-14)24-17(25)23-15-5-1-12(2-6-15)13-9-10-22-11-13;18-14-2-1-3-16(10-14)21-17(22)20-15-6-4-12(5-7-15)13-8-9-19-11-13;17-13-3-6-15(19-10-13)21-16(22)20-14-4-1-11(2-5-14)12-7-8-18-9-12/h1-8,13,22H,9-11H2,(H2,23,24,25);1-7,10,13,19H,8-9,11H2,(H2,20,21,22);1-6,10,12,18H,7-9H2,(H2,19,20,21,22). The Morgan fingerprint density at radius 3 is 1.22 bits per heavy atom. The normalized spacial score (nSPS) is 17.3. The molecule has 6 amide bonds. The van der Waals surface area contributed by atoms with E-state index in [0.717, 1.165) is 75.6 Å². The van der Waals surface area contributed by atoms with Crippen LogP contribution in [0.5, 0.6) is 0 Å². The number of hydrogen-bond acceptors (Lipinski definition) is 7. The monoisotopic (exact) mass is 980 g/mol. The predicted octanol–water partition coefficient (Wildman–Crippen LogP) is 11.9. The molecule has 69 heavy (non-hydrogen) atoms. The number of hydrogen-bond donors (Lipinski definition) is 9. The number of anilines is 6. The van der Waals surface area contributed by atoms with Gasteiger partial charge in [0, 0.05) is 59.3 Å². The summed E-state index contributed by atoms with van der Waals surface area (Å²) in [7, 11) is 0. The van der Waals surface area contributed by atoms with Crippen molar-refractivity contribution in [3.63, 3.8) is 0 Å². The zero-order chi connectivity index (χ0) is 48.6. The number of amides is 6. The maximum Gasteiger partial charge on any atom is 0.416 e. The molecule has 3 saturated heterocycles. The summed E-state index contributed by atoms with van der Waals surface area (Å²) in [4.78, 5) is 39.8. The average Bonchev–Trinajstić information content (AvgIpc) is 4.17. The Hall–Kier alpha value is -6.69. The molecule has 6 aromatic rings. The van der Waals surface area contributed by atoms with Crippen molar-refractivity contribution in [2.24, 2.45) is 0 Å². The van der Waals surface area contributed by atoms with Crippen molar-refractivity contribution in [2.45, 2.75) is 43.2 Å². The Bertz CT molecular complexity index is 2590. The summed E-state index contributed by atoms with van der Waals surface area (Å²) in [5.41, 5.74) is 6.18. The van der Waals surface area contributed by atoms with Gasteiger partial charge in [0.15, 0.2) is 0 Å². The largest absolute Gasteiger partial charge is 0.416 e. The summed E-state index contributed by atoms with van der Waals surface area (Å²) >= 11 is 11.6. The van der Waals surface area contributed by atoms with E-state index in [0.29, 0.717) is 50.7 Å². The zero-order valence-electron chi connectivity index (χ0n) is 37.4. The minimum absolute atomic E-state index is 0.280. The first kappa shape index (κ1) is 50.2. The van der Waals surface area contributed by atoms with Crippen molar-refractivity contribution in [2.75, 3.05) is 71.2 Å². The van der Waals surface area contributed by atoms with E-state index in [2.05, 4.69) is 77.1 Å². The number of urea groups is 3. The number of carbonyl (C=O) groups excluding carboxylic acids is 3. The van der Waals surface area contributed by atoms with Gasteiger partial charge in [0.1, 0.15) is 5.82 Å². The van der Waals surface area contributed by atoms with Gasteiger partial charge in [-0.25, -0.2) is 19.4 Å². The molecule has 1 aromatic heterocycles. The van der Waals surface area contributed by atoms with Gasteiger partial charge >= 0.3 is 24.3 Å². The van der Waals surface area contributed by atoms with Crippen molar-refractivity contribution in [3.8, 4) is 0 Å². The van der Waals surface area contributed by atoms with E-state index in [4.69, 9.17) is 23.2 Å². The summed E-state index contributed by atoms with van der Waals surface area (Å²) in [5, 5.41) is 27.3. The van der Waals surface area contributed by atoms with Crippen LogP contribution < -0.4 is 47.9 Å². The third kappa shape index (κ3) is 15.9. The Balaban J connectivity index is 0.000000153. The van der Waals surface area contributed by atoms with Crippen molar-refractivity contribution in [1.29, 1.82) is 0 Å². The molecule has 4 heterocycles. The second-order valence-corrected chi connectivity index (χ2v) is 17.5. The molecular weight excluding hydrogens is 929 g/mol. The second-order valence-electron chi connectivity index (χ2n) is 16.6. The number of carbonyl (C=O) groups is 3. The fourth-order valence-corrected chi connectivity index (χ4v) is 8.26. The average molecular weight is 982 g/mol. The Labute approximate surface area is 408 Å². The molecule has 3 aliphatic rings. The van der Waals surface area contributed by atoms with Crippen molar-refractivity contribution < 1.29 is 27.6 Å². The predicted molar refractivity (Wildman–Crippen MR) is 270 cm³/mol. The Morgan fingerprint density at radius 2 is 0.870 bits per heavy atom. The van der Waals surface area contributed by atoms with Crippen molar-refractivity contribution in [3.05, 3.63) is 172 Å². The molecule has 0 aliphatic carbocycles. The number of aromatic nitrogens is 1. The molecule has 0 spiro atoms. The van der Waals surface area contributed by atoms with Gasteiger partial charge in [-0.1, -0.05) is 65.7 Å². The minimum Gasteiger partial charge on any atom is -0.316 e. The molecule has 0 radical (unpaired) electrons. The minimum atomic E-state index is -4.39. The first-order valence-electron chi connectivity index (χ1n) is 22.5. The summed E-state index contributed by atoms with van der Waals surface area (Å²) < 4.78 is 37.5. The van der Waals surface area contributed by atoms with Crippen LogP contribution in [0.2, 0.25) is 10.0 Å². The first-order chi connectivity index (χ1) is 33.3. The summed E-state index contributed by atoms with van der Waals surface area (Å²) in [6.45, 7) is 6.17. The lowest BCUT2D eigenvalue weighted by atomic mass is 9.98. The molecule has 3 fully saturated rings. The van der Waals surface area contributed by atoms with Gasteiger partial charge < -0.3 is 42.5 Å². The van der Waals surface area contributed by atoms with Crippen LogP contribution in [0.25, 0.3) is 0 Å². The van der Waals surface area contributed by atoms with Crippen LogP contribution in [0, 0.1) is 0 Å². The molecule has 9 N–H and O–H groups in total. The molecule has 3 aliphatic heterocycles. The molecular formula is C51H53Cl2F3N10O3. The van der Waals surface area contributed by atoms with Crippen LogP contribution in [-0.4, -0.2) is 62.3 Å². The van der Waals surface area contributed by atoms with Gasteiger partial charge in [-0.15, -0.1) is 0 Å². The van der Waals surface area contributed by atoms with E-state index in [-0.39, 0.29) is 12.1 Å². The van der Waals surface area contributed by atoms with Crippen LogP contribution in [0.3, 0.4) is 0 Å². The number of benzene rings is 5. The fourth-order valence-electron chi connectivity index (χ4n) is 7.96. The summed E-state index contributed by atoms with van der Waals surface area (Å²) in [6, 6.07) is 37.2. The fraction of sp³-hybridized carbons (Fsp3) is 0.255. The maximum absolute atomic E-state index is 12.5. The third-order valence-electron chi connectivity index (χ3n) is 11.6. The van der Waals surface area contributed by atoms with E-state index in [1.807, 2.05) is 48.5 Å². The molecule has 0 bridgehead atoms. The number of pyridine rings is 1. The van der Waals surface area contributed by atoms with Crippen LogP contribution in [0.4, 0.5) is 61.8 Å². The highest BCUT2D eigenvalue weighted by molar-refractivity contribution is 6.31. The smallest absolute Gasteiger partial charge is 0.316 e. The maximum atomic E-state index is 12.5. The number of alkyl halides is 3. The Morgan fingerprint density at radius 1 is 0.478 bits per heavy atom. The Kier molecular flexibility index (Phi) is 17.9. The van der Waals surface area contributed by atoms with Gasteiger partial charge in [-0.3, -0.25) is 5.32 Å². The first-order valence-corrected chi connectivity index (χ1v) is 23.3. The lowest BCUT2D eigenvalue weighted by Crippen LogP contribution is -2.20. The van der Waals surface area contributed by atoms with Crippen molar-refractivity contribution in [1.82, 2.24) is 20.9 Å². The summed E-state index contributed by atoms with van der Waals surface area (Å²) in [5.74, 6) is 2.10. The quantitative estimate of drug-likeness (QED) is 0.0694. The van der Waals surface area contributed by atoms with E-state index in [1.165, 1.54) is 41.4 Å². The van der Waals surface area contributed by atoms with Crippen molar-refractivity contribution >= 4 is 75.6 Å². The van der Waals surface area contributed by atoms with Gasteiger partial charge in [-0.2, -0.15) is 13.2 Å². The van der Waals surface area contributed by atoms with Gasteiger partial charge in [-0.05, 0) is 164 Å². The molecule has 0 saturated carbocycles. The van der Waals surface area contributed by atoms with Gasteiger partial charge in [0.05, 0.1) is 10.6 Å². The van der Waals surface area contributed by atoms with Crippen LogP contribution in [-0.2, 0) is 6.18 Å². The SMILES string of the molecule is O=C(Nc1ccc(C2CCNC2)cc1)Nc1ccc(C(F)(F)F)cc1.O=C(Nc1ccc(C2CCNC2)cc1)Nc1ccc(Cl)cn1.O=C(Nc1ccc(C2CCNC2)cc1)Nc1cccc(Cl)c1. The highest BCUT2D eigenvalue weighted by Crippen LogP contribution is 2.30. The number of nitrogens with zero attached hydrogens (tertiary/aromatic N) is 1. The number of rotatable bonds is 9. The van der Waals surface area contributed by atoms with Crippen LogP contribution in [0.15, 0.2) is 140 Å².